The van der Waals surface area contributed by atoms with Gasteiger partial charge in [-0.3, -0.25) is 9.79 Å². The maximum absolute atomic E-state index is 11.9. The molecule has 0 atom stereocenters. The molecular formula is C20H32N4O. The highest BCUT2D eigenvalue weighted by Gasteiger charge is 2.18. The van der Waals surface area contributed by atoms with Crippen LogP contribution in [0.15, 0.2) is 29.3 Å². The molecular weight excluding hydrogens is 312 g/mol. The predicted octanol–water partition coefficient (Wildman–Crippen LogP) is 2.88. The third kappa shape index (κ3) is 6.07. The van der Waals surface area contributed by atoms with Crippen LogP contribution in [-0.2, 0) is 6.54 Å². The monoisotopic (exact) mass is 344 g/mol. The van der Waals surface area contributed by atoms with Crippen molar-refractivity contribution < 1.29 is 4.79 Å². The number of nitrogens with zero attached hydrogens (tertiary/aromatic N) is 2. The lowest BCUT2D eigenvalue weighted by Gasteiger charge is -2.26. The summed E-state index contributed by atoms with van der Waals surface area (Å²) >= 11 is 0. The van der Waals surface area contributed by atoms with Crippen LogP contribution in [0.5, 0.6) is 0 Å². The van der Waals surface area contributed by atoms with E-state index in [4.69, 9.17) is 0 Å². The topological polar surface area (TPSA) is 56.7 Å². The van der Waals surface area contributed by atoms with Crippen LogP contribution in [0.3, 0.4) is 0 Å². The second kappa shape index (κ2) is 9.44. The molecule has 1 aromatic carbocycles. The van der Waals surface area contributed by atoms with E-state index in [0.29, 0.717) is 12.1 Å². The number of hydrogen-bond acceptors (Lipinski definition) is 2. The van der Waals surface area contributed by atoms with Gasteiger partial charge in [0.05, 0.1) is 0 Å². The zero-order valence-corrected chi connectivity index (χ0v) is 16.0. The molecule has 138 valence electrons. The standard InChI is InChI=1S/C20H32N4O/c1-15-5-7-16(8-6-15)13-22-20(21-2)23-14-17-9-11-18(12-10-17)19(25)24(3)4/h9-12,15-16H,5-8,13-14H2,1-4H3,(H2,21,22,23). The first-order chi connectivity index (χ1) is 12.0. The highest BCUT2D eigenvalue weighted by molar-refractivity contribution is 5.93. The van der Waals surface area contributed by atoms with Gasteiger partial charge in [0, 0.05) is 39.8 Å². The fourth-order valence-electron chi connectivity index (χ4n) is 3.20. The fraction of sp³-hybridized carbons (Fsp3) is 0.600. The summed E-state index contributed by atoms with van der Waals surface area (Å²) in [5.41, 5.74) is 1.84. The molecule has 5 nitrogen and oxygen atoms in total. The highest BCUT2D eigenvalue weighted by atomic mass is 16.2. The van der Waals surface area contributed by atoms with E-state index >= 15 is 0 Å². The van der Waals surface area contributed by atoms with Gasteiger partial charge in [0.25, 0.3) is 5.91 Å². The summed E-state index contributed by atoms with van der Waals surface area (Å²) in [7, 11) is 5.33. The Kier molecular flexibility index (Phi) is 7.29. The van der Waals surface area contributed by atoms with Crippen LogP contribution in [0.1, 0.15) is 48.5 Å². The number of amides is 1. The van der Waals surface area contributed by atoms with Crippen LogP contribution in [-0.4, -0.2) is 44.5 Å². The second-order valence-electron chi connectivity index (χ2n) is 7.33. The van der Waals surface area contributed by atoms with Crippen molar-refractivity contribution in [2.75, 3.05) is 27.7 Å². The van der Waals surface area contributed by atoms with E-state index in [2.05, 4.69) is 22.5 Å². The van der Waals surface area contributed by atoms with E-state index in [1.807, 2.05) is 24.3 Å². The molecule has 2 rings (SSSR count). The van der Waals surface area contributed by atoms with E-state index in [1.165, 1.54) is 25.7 Å². The Bertz CT molecular complexity index is 572. The van der Waals surface area contributed by atoms with Gasteiger partial charge >= 0.3 is 0 Å². The smallest absolute Gasteiger partial charge is 0.253 e. The molecule has 2 N–H and O–H groups in total. The van der Waals surface area contributed by atoms with Crippen molar-refractivity contribution in [2.45, 2.75) is 39.2 Å². The van der Waals surface area contributed by atoms with E-state index in [9.17, 15) is 4.79 Å². The minimum atomic E-state index is 0.0267. The minimum Gasteiger partial charge on any atom is -0.356 e. The van der Waals surface area contributed by atoms with Gasteiger partial charge in [0.2, 0.25) is 0 Å². The summed E-state index contributed by atoms with van der Waals surface area (Å²) < 4.78 is 0. The van der Waals surface area contributed by atoms with Crippen molar-refractivity contribution >= 4 is 11.9 Å². The average molecular weight is 345 g/mol. The lowest BCUT2D eigenvalue weighted by atomic mass is 9.83. The number of benzene rings is 1. The molecule has 1 aromatic rings. The number of aliphatic imine (C=N–C) groups is 1. The second-order valence-corrected chi connectivity index (χ2v) is 7.33. The normalized spacial score (nSPS) is 20.9. The molecule has 0 aromatic heterocycles. The number of rotatable bonds is 5. The largest absolute Gasteiger partial charge is 0.356 e. The Morgan fingerprint density at radius 1 is 1.12 bits per heavy atom. The SMILES string of the molecule is CN=C(NCc1ccc(C(=O)N(C)C)cc1)NCC1CCC(C)CC1. The predicted molar refractivity (Wildman–Crippen MR) is 104 cm³/mol. The lowest BCUT2D eigenvalue weighted by Crippen LogP contribution is -2.40. The quantitative estimate of drug-likeness (QED) is 0.638. The Morgan fingerprint density at radius 2 is 1.76 bits per heavy atom. The molecule has 25 heavy (non-hydrogen) atoms. The van der Waals surface area contributed by atoms with Crippen LogP contribution >= 0.6 is 0 Å². The molecule has 0 aliphatic heterocycles. The van der Waals surface area contributed by atoms with E-state index in [-0.39, 0.29) is 5.91 Å². The van der Waals surface area contributed by atoms with Crippen molar-refractivity contribution in [2.24, 2.45) is 16.8 Å². The Morgan fingerprint density at radius 3 is 2.32 bits per heavy atom. The van der Waals surface area contributed by atoms with Gasteiger partial charge < -0.3 is 15.5 Å². The van der Waals surface area contributed by atoms with Gasteiger partial charge in [0.1, 0.15) is 0 Å². The van der Waals surface area contributed by atoms with Crippen molar-refractivity contribution in [3.05, 3.63) is 35.4 Å². The molecule has 0 heterocycles. The Hall–Kier alpha value is -2.04. The van der Waals surface area contributed by atoms with Crippen LogP contribution in [0, 0.1) is 11.8 Å². The molecule has 0 bridgehead atoms. The number of carbonyl (C=O) groups excluding carboxylic acids is 1. The zero-order chi connectivity index (χ0) is 18.2. The summed E-state index contributed by atoms with van der Waals surface area (Å²) in [4.78, 5) is 17.8. The number of nitrogens with one attached hydrogen (secondary N) is 2. The van der Waals surface area contributed by atoms with Crippen molar-refractivity contribution in [3.8, 4) is 0 Å². The first-order valence-electron chi connectivity index (χ1n) is 9.24. The summed E-state index contributed by atoms with van der Waals surface area (Å²) in [6, 6.07) is 7.72. The van der Waals surface area contributed by atoms with Crippen LogP contribution in [0.2, 0.25) is 0 Å². The van der Waals surface area contributed by atoms with Crippen molar-refractivity contribution in [3.63, 3.8) is 0 Å². The molecule has 0 saturated heterocycles. The first-order valence-corrected chi connectivity index (χ1v) is 9.24. The van der Waals surface area contributed by atoms with Crippen molar-refractivity contribution in [1.82, 2.24) is 15.5 Å². The molecule has 1 aliphatic rings. The Balaban J connectivity index is 1.77. The fourth-order valence-corrected chi connectivity index (χ4v) is 3.20. The van der Waals surface area contributed by atoms with Gasteiger partial charge in [-0.25, -0.2) is 0 Å². The van der Waals surface area contributed by atoms with Gasteiger partial charge in [-0.1, -0.05) is 31.9 Å². The van der Waals surface area contributed by atoms with E-state index < -0.39 is 0 Å². The molecule has 0 unspecified atom stereocenters. The number of guanidine groups is 1. The number of carbonyl (C=O) groups is 1. The zero-order valence-electron chi connectivity index (χ0n) is 16.0. The molecule has 1 aliphatic carbocycles. The summed E-state index contributed by atoms with van der Waals surface area (Å²) in [5.74, 6) is 2.51. The summed E-state index contributed by atoms with van der Waals surface area (Å²) in [6.45, 7) is 4.03. The first kappa shape index (κ1) is 19.3. The molecule has 1 saturated carbocycles. The molecule has 0 radical (unpaired) electrons. The van der Waals surface area contributed by atoms with Crippen LogP contribution in [0.25, 0.3) is 0 Å². The number of hydrogen-bond donors (Lipinski definition) is 2. The van der Waals surface area contributed by atoms with Gasteiger partial charge in [-0.05, 0) is 42.4 Å². The van der Waals surface area contributed by atoms with Gasteiger partial charge in [-0.15, -0.1) is 0 Å². The van der Waals surface area contributed by atoms with Crippen molar-refractivity contribution in [1.29, 1.82) is 0 Å². The average Bonchev–Trinajstić information content (AvgIpc) is 2.63. The lowest BCUT2D eigenvalue weighted by molar-refractivity contribution is 0.0827. The van der Waals surface area contributed by atoms with Crippen LogP contribution < -0.4 is 10.6 Å². The molecule has 1 amide bonds. The van der Waals surface area contributed by atoms with E-state index in [1.54, 1.807) is 26.0 Å². The summed E-state index contributed by atoms with van der Waals surface area (Å²) in [6.07, 6.45) is 5.31. The summed E-state index contributed by atoms with van der Waals surface area (Å²) in [5, 5.41) is 6.80. The van der Waals surface area contributed by atoms with E-state index in [0.717, 1.165) is 29.9 Å². The third-order valence-corrected chi connectivity index (χ3v) is 4.98. The maximum Gasteiger partial charge on any atom is 0.253 e. The van der Waals surface area contributed by atoms with Crippen LogP contribution in [0.4, 0.5) is 0 Å². The molecule has 1 fully saturated rings. The third-order valence-electron chi connectivity index (χ3n) is 4.98. The molecule has 5 heteroatoms. The van der Waals surface area contributed by atoms with Gasteiger partial charge in [0.15, 0.2) is 5.96 Å². The van der Waals surface area contributed by atoms with Gasteiger partial charge in [-0.2, -0.15) is 0 Å². The highest BCUT2D eigenvalue weighted by Crippen LogP contribution is 2.27. The Labute approximate surface area is 151 Å². The maximum atomic E-state index is 11.9. The molecule has 0 spiro atoms. The minimum absolute atomic E-state index is 0.0267.